The van der Waals surface area contributed by atoms with Crippen molar-refractivity contribution >= 4 is 10.9 Å². The molecule has 0 aliphatic carbocycles. The van der Waals surface area contributed by atoms with Crippen LogP contribution in [0.25, 0.3) is 22.0 Å². The molecule has 0 amide bonds. The molecule has 2 heteroatoms. The fourth-order valence-electron chi connectivity index (χ4n) is 2.00. The molecule has 0 bridgehead atoms. The minimum Gasteiger partial charge on any atom is -0.241 e. The van der Waals surface area contributed by atoms with E-state index in [9.17, 15) is 0 Å². The predicted octanol–water partition coefficient (Wildman–Crippen LogP) is 3.61. The Morgan fingerprint density at radius 2 is 1.65 bits per heavy atom. The van der Waals surface area contributed by atoms with Crippen molar-refractivity contribution in [2.45, 2.75) is 6.92 Å². The summed E-state index contributed by atoms with van der Waals surface area (Å²) in [5.41, 5.74) is 4.43. The van der Waals surface area contributed by atoms with Gasteiger partial charge in [0.05, 0.1) is 5.52 Å². The number of hydrogen-bond acceptors (Lipinski definition) is 2. The molecule has 1 aromatic heterocycles. The maximum Gasteiger partial charge on any atom is 0.116 e. The molecule has 0 fully saturated rings. The molecule has 82 valence electrons. The van der Waals surface area contributed by atoms with E-state index in [0.29, 0.717) is 0 Å². The van der Waals surface area contributed by atoms with Crippen LogP contribution in [-0.2, 0) is 0 Å². The van der Waals surface area contributed by atoms with E-state index in [1.807, 2.05) is 25.1 Å². The van der Waals surface area contributed by atoms with Gasteiger partial charge in [0.2, 0.25) is 0 Å². The highest BCUT2D eigenvalue weighted by Gasteiger charge is 2.02. The van der Waals surface area contributed by atoms with Crippen LogP contribution in [0.15, 0.2) is 54.9 Å². The van der Waals surface area contributed by atoms with Crippen LogP contribution in [-0.4, -0.2) is 9.97 Å². The number of benzene rings is 2. The van der Waals surface area contributed by atoms with Crippen LogP contribution in [0.3, 0.4) is 0 Å². The molecule has 3 rings (SSSR count). The SMILES string of the molecule is Cc1ncnc2cc(-c3ccccc3)ccc12. The Balaban J connectivity index is 2.21. The number of aromatic nitrogens is 2. The monoisotopic (exact) mass is 220 g/mol. The van der Waals surface area contributed by atoms with Gasteiger partial charge in [-0.05, 0) is 24.1 Å². The first-order valence-electron chi connectivity index (χ1n) is 5.61. The molecule has 2 nitrogen and oxygen atoms in total. The molecule has 0 radical (unpaired) electrons. The fraction of sp³-hybridized carbons (Fsp3) is 0.0667. The average molecular weight is 220 g/mol. The van der Waals surface area contributed by atoms with Crippen molar-refractivity contribution in [2.24, 2.45) is 0 Å². The number of rotatable bonds is 1. The molecule has 0 unspecified atom stereocenters. The summed E-state index contributed by atoms with van der Waals surface area (Å²) in [5.74, 6) is 0. The standard InChI is InChI=1S/C15H12N2/c1-11-14-8-7-13(9-15(14)17-10-16-11)12-5-3-2-4-6-12/h2-10H,1H3. The van der Waals surface area contributed by atoms with E-state index in [2.05, 4.69) is 40.3 Å². The number of hydrogen-bond donors (Lipinski definition) is 0. The van der Waals surface area contributed by atoms with Crippen LogP contribution < -0.4 is 0 Å². The lowest BCUT2D eigenvalue weighted by Gasteiger charge is -2.04. The first kappa shape index (κ1) is 9.97. The number of nitrogens with zero attached hydrogens (tertiary/aromatic N) is 2. The van der Waals surface area contributed by atoms with Crippen molar-refractivity contribution in [3.63, 3.8) is 0 Å². The van der Waals surface area contributed by atoms with Gasteiger partial charge in [0.1, 0.15) is 6.33 Å². The van der Waals surface area contributed by atoms with E-state index < -0.39 is 0 Å². The van der Waals surface area contributed by atoms with Gasteiger partial charge in [0.25, 0.3) is 0 Å². The van der Waals surface area contributed by atoms with E-state index >= 15 is 0 Å². The summed E-state index contributed by atoms with van der Waals surface area (Å²) in [5, 5.41) is 1.12. The van der Waals surface area contributed by atoms with E-state index in [1.54, 1.807) is 6.33 Å². The highest BCUT2D eigenvalue weighted by atomic mass is 14.8. The van der Waals surface area contributed by atoms with Gasteiger partial charge in [-0.2, -0.15) is 0 Å². The second-order valence-electron chi connectivity index (χ2n) is 4.06. The quantitative estimate of drug-likeness (QED) is 0.626. The Morgan fingerprint density at radius 1 is 0.824 bits per heavy atom. The first-order chi connectivity index (χ1) is 8.34. The van der Waals surface area contributed by atoms with Crippen LogP contribution in [0.4, 0.5) is 0 Å². The molecule has 0 aliphatic rings. The van der Waals surface area contributed by atoms with Crippen LogP contribution in [0, 0.1) is 6.92 Å². The Morgan fingerprint density at radius 3 is 2.47 bits per heavy atom. The maximum absolute atomic E-state index is 4.32. The number of aryl methyl sites for hydroxylation is 1. The second-order valence-corrected chi connectivity index (χ2v) is 4.06. The normalized spacial score (nSPS) is 10.6. The van der Waals surface area contributed by atoms with E-state index in [-0.39, 0.29) is 0 Å². The van der Waals surface area contributed by atoms with Gasteiger partial charge < -0.3 is 0 Å². The molecule has 0 saturated heterocycles. The van der Waals surface area contributed by atoms with E-state index in [1.165, 1.54) is 11.1 Å². The zero-order chi connectivity index (χ0) is 11.7. The van der Waals surface area contributed by atoms with Gasteiger partial charge >= 0.3 is 0 Å². The summed E-state index contributed by atoms with van der Waals surface area (Å²) < 4.78 is 0. The van der Waals surface area contributed by atoms with Crippen molar-refractivity contribution in [2.75, 3.05) is 0 Å². The van der Waals surface area contributed by atoms with Gasteiger partial charge in [-0.25, -0.2) is 9.97 Å². The van der Waals surface area contributed by atoms with Gasteiger partial charge in [-0.1, -0.05) is 42.5 Å². The third-order valence-electron chi connectivity index (χ3n) is 2.94. The van der Waals surface area contributed by atoms with Crippen LogP contribution >= 0.6 is 0 Å². The minimum atomic E-state index is 0.999. The lowest BCUT2D eigenvalue weighted by atomic mass is 10.0. The molecule has 0 spiro atoms. The van der Waals surface area contributed by atoms with Crippen molar-refractivity contribution in [3.8, 4) is 11.1 Å². The summed E-state index contributed by atoms with van der Waals surface area (Å²) in [4.78, 5) is 8.52. The average Bonchev–Trinajstić information content (AvgIpc) is 2.40. The Labute approximate surface area is 100.0 Å². The molecule has 3 aromatic rings. The summed E-state index contributed by atoms with van der Waals surface area (Å²) in [7, 11) is 0. The van der Waals surface area contributed by atoms with E-state index in [0.717, 1.165) is 16.6 Å². The van der Waals surface area contributed by atoms with Crippen molar-refractivity contribution in [3.05, 3.63) is 60.6 Å². The largest absolute Gasteiger partial charge is 0.241 e. The highest BCUT2D eigenvalue weighted by Crippen LogP contribution is 2.23. The molecule has 0 saturated carbocycles. The predicted molar refractivity (Wildman–Crippen MR) is 69.7 cm³/mol. The summed E-state index contributed by atoms with van der Waals surface area (Å²) in [6.07, 6.45) is 1.62. The third-order valence-corrected chi connectivity index (χ3v) is 2.94. The zero-order valence-corrected chi connectivity index (χ0v) is 9.59. The van der Waals surface area contributed by atoms with Crippen molar-refractivity contribution in [1.82, 2.24) is 9.97 Å². The Bertz CT molecular complexity index is 660. The third kappa shape index (κ3) is 1.78. The summed E-state index contributed by atoms with van der Waals surface area (Å²) >= 11 is 0. The van der Waals surface area contributed by atoms with Crippen LogP contribution in [0.5, 0.6) is 0 Å². The van der Waals surface area contributed by atoms with Crippen LogP contribution in [0.2, 0.25) is 0 Å². The first-order valence-corrected chi connectivity index (χ1v) is 5.61. The molecule has 0 aliphatic heterocycles. The molecular weight excluding hydrogens is 208 g/mol. The zero-order valence-electron chi connectivity index (χ0n) is 9.59. The summed E-state index contributed by atoms with van der Waals surface area (Å²) in [6, 6.07) is 16.6. The summed E-state index contributed by atoms with van der Waals surface area (Å²) in [6.45, 7) is 2.01. The minimum absolute atomic E-state index is 0.999. The van der Waals surface area contributed by atoms with Gasteiger partial charge in [0, 0.05) is 11.1 Å². The second kappa shape index (κ2) is 3.98. The van der Waals surface area contributed by atoms with Crippen molar-refractivity contribution < 1.29 is 0 Å². The topological polar surface area (TPSA) is 25.8 Å². The molecule has 0 N–H and O–H groups in total. The molecule has 17 heavy (non-hydrogen) atoms. The highest BCUT2D eigenvalue weighted by molar-refractivity contribution is 5.85. The molecule has 2 aromatic carbocycles. The lowest BCUT2D eigenvalue weighted by Crippen LogP contribution is -1.87. The van der Waals surface area contributed by atoms with Gasteiger partial charge in [0.15, 0.2) is 0 Å². The fourth-order valence-corrected chi connectivity index (χ4v) is 2.00. The van der Waals surface area contributed by atoms with Crippen molar-refractivity contribution in [1.29, 1.82) is 0 Å². The van der Waals surface area contributed by atoms with Gasteiger partial charge in [-0.15, -0.1) is 0 Å². The molecule has 1 heterocycles. The number of fused-ring (bicyclic) bond motifs is 1. The molecule has 0 atom stereocenters. The van der Waals surface area contributed by atoms with Gasteiger partial charge in [-0.3, -0.25) is 0 Å². The molecular formula is C15H12N2. The van der Waals surface area contributed by atoms with Crippen LogP contribution in [0.1, 0.15) is 5.69 Å². The maximum atomic E-state index is 4.32. The van der Waals surface area contributed by atoms with E-state index in [4.69, 9.17) is 0 Å². The Kier molecular flexibility index (Phi) is 2.33. The lowest BCUT2D eigenvalue weighted by molar-refractivity contribution is 1.15. The smallest absolute Gasteiger partial charge is 0.116 e. The Hall–Kier alpha value is -2.22.